The molecule has 0 bridgehead atoms. The zero-order chi connectivity index (χ0) is 17.5. The fraction of sp³-hybridized carbons (Fsp3) is 0.333. The highest BCUT2D eigenvalue weighted by Gasteiger charge is 2.18. The minimum Gasteiger partial charge on any atom is -0.337 e. The summed E-state index contributed by atoms with van der Waals surface area (Å²) in [7, 11) is 0. The van der Waals surface area contributed by atoms with Crippen molar-refractivity contribution in [1.82, 2.24) is 29.6 Å². The number of H-pyrrole nitrogens is 1. The van der Waals surface area contributed by atoms with E-state index in [0.717, 1.165) is 30.6 Å². The fourth-order valence-corrected chi connectivity index (χ4v) is 2.64. The molecule has 0 unspecified atom stereocenters. The van der Waals surface area contributed by atoms with E-state index in [1.165, 1.54) is 0 Å². The molecule has 3 heterocycles. The lowest BCUT2D eigenvalue weighted by molar-refractivity contribution is 0.0733. The van der Waals surface area contributed by atoms with Crippen LogP contribution >= 0.6 is 0 Å². The summed E-state index contributed by atoms with van der Waals surface area (Å²) in [6.07, 6.45) is 10.6. The largest absolute Gasteiger partial charge is 0.337 e. The fourth-order valence-electron chi connectivity index (χ4n) is 2.64. The number of hydrogen-bond acceptors (Lipinski definition) is 4. The summed E-state index contributed by atoms with van der Waals surface area (Å²) in [5.41, 5.74) is 2.48. The topological polar surface area (TPSA) is 79.7 Å². The summed E-state index contributed by atoms with van der Waals surface area (Å²) in [5.74, 6) is -0.0570. The van der Waals surface area contributed by atoms with E-state index in [4.69, 9.17) is 0 Å². The number of nitrogens with zero attached hydrogens (tertiary/aromatic N) is 5. The van der Waals surface area contributed by atoms with Crippen LogP contribution in [0.15, 0.2) is 49.3 Å². The first kappa shape index (κ1) is 16.9. The lowest BCUT2D eigenvalue weighted by Gasteiger charge is -2.22. The van der Waals surface area contributed by atoms with Gasteiger partial charge in [-0.25, -0.2) is 4.98 Å². The first-order valence-corrected chi connectivity index (χ1v) is 8.44. The number of carbonyl (C=O) groups excluding carboxylic acids is 1. The first-order chi connectivity index (χ1) is 12.3. The van der Waals surface area contributed by atoms with Crippen LogP contribution in [0.2, 0.25) is 0 Å². The first-order valence-electron chi connectivity index (χ1n) is 8.44. The molecule has 25 heavy (non-hydrogen) atoms. The number of aromatic nitrogens is 5. The number of pyridine rings is 1. The monoisotopic (exact) mass is 338 g/mol. The van der Waals surface area contributed by atoms with Gasteiger partial charge in [-0.1, -0.05) is 6.92 Å². The molecule has 0 radical (unpaired) electrons. The van der Waals surface area contributed by atoms with Crippen LogP contribution in [0.25, 0.3) is 0 Å². The number of aromatic amines is 1. The van der Waals surface area contributed by atoms with Crippen molar-refractivity contribution < 1.29 is 4.79 Å². The average Bonchev–Trinajstić information content (AvgIpc) is 3.33. The number of nitrogens with one attached hydrogen (secondary N) is 1. The molecule has 3 rings (SSSR count). The van der Waals surface area contributed by atoms with E-state index in [2.05, 4.69) is 20.2 Å². The molecule has 1 N–H and O–H groups in total. The van der Waals surface area contributed by atoms with Gasteiger partial charge in [0.25, 0.3) is 5.91 Å². The Labute approximate surface area is 146 Å². The lowest BCUT2D eigenvalue weighted by Crippen LogP contribution is -2.32. The maximum atomic E-state index is 12.9. The molecule has 0 aliphatic heterocycles. The van der Waals surface area contributed by atoms with Gasteiger partial charge in [-0.15, -0.1) is 0 Å². The number of amides is 1. The van der Waals surface area contributed by atoms with Gasteiger partial charge in [-0.2, -0.15) is 5.10 Å². The SMILES string of the molecule is CCc1cc(C(=O)N(CCCn2ccnc2)Cc2ccncc2)n[nH]1. The Morgan fingerprint density at radius 2 is 2.08 bits per heavy atom. The Morgan fingerprint density at radius 1 is 1.24 bits per heavy atom. The van der Waals surface area contributed by atoms with E-state index in [1.54, 1.807) is 24.9 Å². The molecular formula is C18H22N6O. The summed E-state index contributed by atoms with van der Waals surface area (Å²) < 4.78 is 2.01. The number of rotatable bonds is 8. The second-order valence-electron chi connectivity index (χ2n) is 5.87. The quantitative estimate of drug-likeness (QED) is 0.683. The molecule has 0 saturated carbocycles. The van der Waals surface area contributed by atoms with Crippen molar-refractivity contribution in [3.05, 3.63) is 66.3 Å². The molecule has 130 valence electrons. The molecule has 0 saturated heterocycles. The second kappa shape index (κ2) is 8.23. The highest BCUT2D eigenvalue weighted by molar-refractivity contribution is 5.92. The van der Waals surface area contributed by atoms with Crippen LogP contribution in [-0.4, -0.2) is 42.1 Å². The minimum absolute atomic E-state index is 0.0570. The van der Waals surface area contributed by atoms with Crippen molar-refractivity contribution in [2.45, 2.75) is 32.9 Å². The molecule has 0 atom stereocenters. The molecule has 0 aromatic carbocycles. The van der Waals surface area contributed by atoms with Gasteiger partial charge in [0.2, 0.25) is 0 Å². The van der Waals surface area contributed by atoms with Crippen molar-refractivity contribution >= 4 is 5.91 Å². The summed E-state index contributed by atoms with van der Waals surface area (Å²) in [5, 5.41) is 7.08. The van der Waals surface area contributed by atoms with Gasteiger partial charge >= 0.3 is 0 Å². The predicted molar refractivity (Wildman–Crippen MR) is 93.8 cm³/mol. The standard InChI is InChI=1S/C18H22N6O/c1-2-16-12-17(22-21-16)18(25)24(13-15-4-6-19-7-5-15)10-3-9-23-11-8-20-14-23/h4-8,11-12,14H,2-3,9-10,13H2,1H3,(H,21,22). The molecule has 7 heteroatoms. The third-order valence-electron chi connectivity index (χ3n) is 4.04. The van der Waals surface area contributed by atoms with E-state index in [1.807, 2.05) is 40.8 Å². The van der Waals surface area contributed by atoms with Crippen LogP contribution in [0.3, 0.4) is 0 Å². The van der Waals surface area contributed by atoms with Crippen LogP contribution in [0, 0.1) is 0 Å². The van der Waals surface area contributed by atoms with Crippen molar-refractivity contribution in [3.63, 3.8) is 0 Å². The van der Waals surface area contributed by atoms with E-state index in [9.17, 15) is 4.79 Å². The predicted octanol–water partition coefficient (Wildman–Crippen LogP) is 2.30. The van der Waals surface area contributed by atoms with Crippen molar-refractivity contribution in [2.24, 2.45) is 0 Å². The van der Waals surface area contributed by atoms with Crippen molar-refractivity contribution in [2.75, 3.05) is 6.54 Å². The van der Waals surface area contributed by atoms with Gasteiger partial charge < -0.3 is 9.47 Å². The van der Waals surface area contributed by atoms with E-state index >= 15 is 0 Å². The summed E-state index contributed by atoms with van der Waals surface area (Å²) in [6.45, 7) is 4.04. The van der Waals surface area contributed by atoms with Gasteiger partial charge in [0.1, 0.15) is 5.69 Å². The normalized spacial score (nSPS) is 10.8. The van der Waals surface area contributed by atoms with Crippen molar-refractivity contribution in [1.29, 1.82) is 0 Å². The van der Waals surface area contributed by atoms with Gasteiger partial charge in [0, 0.05) is 50.1 Å². The van der Waals surface area contributed by atoms with Gasteiger partial charge in [-0.3, -0.25) is 14.9 Å². The molecule has 0 spiro atoms. The third kappa shape index (κ3) is 4.53. The van der Waals surface area contributed by atoms with Gasteiger partial charge in [0.05, 0.1) is 6.33 Å². The molecule has 7 nitrogen and oxygen atoms in total. The highest BCUT2D eigenvalue weighted by atomic mass is 16.2. The van der Waals surface area contributed by atoms with E-state index in [0.29, 0.717) is 18.8 Å². The number of carbonyl (C=O) groups is 1. The van der Waals surface area contributed by atoms with Gasteiger partial charge in [0.15, 0.2) is 0 Å². The number of hydrogen-bond donors (Lipinski definition) is 1. The zero-order valence-corrected chi connectivity index (χ0v) is 14.3. The van der Waals surface area contributed by atoms with Crippen LogP contribution in [0.1, 0.15) is 35.1 Å². The average molecular weight is 338 g/mol. The zero-order valence-electron chi connectivity index (χ0n) is 14.3. The lowest BCUT2D eigenvalue weighted by atomic mass is 10.2. The Balaban J connectivity index is 1.69. The van der Waals surface area contributed by atoms with Crippen LogP contribution in [0.4, 0.5) is 0 Å². The third-order valence-corrected chi connectivity index (χ3v) is 4.04. The molecule has 1 amide bonds. The van der Waals surface area contributed by atoms with Crippen molar-refractivity contribution in [3.8, 4) is 0 Å². The summed E-state index contributed by atoms with van der Waals surface area (Å²) in [4.78, 5) is 22.8. The molecule has 3 aromatic rings. The molecule has 0 fully saturated rings. The molecule has 3 aromatic heterocycles. The van der Waals surface area contributed by atoms with Crippen LogP contribution in [0.5, 0.6) is 0 Å². The van der Waals surface area contributed by atoms with Crippen LogP contribution in [-0.2, 0) is 19.5 Å². The van der Waals surface area contributed by atoms with Crippen LogP contribution < -0.4 is 0 Å². The maximum absolute atomic E-state index is 12.9. The summed E-state index contributed by atoms with van der Waals surface area (Å²) in [6, 6.07) is 5.69. The Bertz CT molecular complexity index is 781. The summed E-state index contributed by atoms with van der Waals surface area (Å²) >= 11 is 0. The molecular weight excluding hydrogens is 316 g/mol. The second-order valence-corrected chi connectivity index (χ2v) is 5.87. The molecule has 0 aliphatic carbocycles. The maximum Gasteiger partial charge on any atom is 0.274 e. The highest BCUT2D eigenvalue weighted by Crippen LogP contribution is 2.11. The molecule has 0 aliphatic rings. The van der Waals surface area contributed by atoms with E-state index in [-0.39, 0.29) is 5.91 Å². The number of aryl methyl sites for hydroxylation is 2. The number of imidazole rings is 1. The van der Waals surface area contributed by atoms with E-state index < -0.39 is 0 Å². The smallest absolute Gasteiger partial charge is 0.274 e. The van der Waals surface area contributed by atoms with Gasteiger partial charge in [-0.05, 0) is 36.6 Å². The minimum atomic E-state index is -0.0570. The Morgan fingerprint density at radius 3 is 2.76 bits per heavy atom. The Hall–Kier alpha value is -2.96. The Kier molecular flexibility index (Phi) is 5.56.